The van der Waals surface area contributed by atoms with Crippen LogP contribution < -0.4 is 5.32 Å². The second-order valence-corrected chi connectivity index (χ2v) is 5.45. The Balaban J connectivity index is 1.92. The molecule has 2 aliphatic rings. The van der Waals surface area contributed by atoms with E-state index < -0.39 is 23.9 Å². The minimum atomic E-state index is -0.878. The number of aliphatic hydroxyl groups excluding tert-OH is 1. The lowest BCUT2D eigenvalue weighted by molar-refractivity contribution is -0.146. The molecule has 2 saturated carbocycles. The quantitative estimate of drug-likeness (QED) is 0.699. The normalized spacial score (nSPS) is 36.3. The number of nitrogens with one attached hydrogen (secondary N) is 1. The summed E-state index contributed by atoms with van der Waals surface area (Å²) in [6.45, 7) is 0. The number of carboxylic acids is 1. The first-order chi connectivity index (χ1) is 8.59. The van der Waals surface area contributed by atoms with Crippen molar-refractivity contribution in [3.8, 4) is 0 Å². The Morgan fingerprint density at radius 3 is 2.28 bits per heavy atom. The van der Waals surface area contributed by atoms with Crippen molar-refractivity contribution >= 4 is 11.9 Å². The smallest absolute Gasteiger partial charge is 0.307 e. The van der Waals surface area contributed by atoms with Crippen LogP contribution in [0, 0.1) is 11.8 Å². The van der Waals surface area contributed by atoms with Crippen molar-refractivity contribution in [1.29, 1.82) is 0 Å². The molecule has 4 unspecified atom stereocenters. The molecule has 1 amide bonds. The largest absolute Gasteiger partial charge is 0.481 e. The van der Waals surface area contributed by atoms with E-state index in [0.29, 0.717) is 12.8 Å². The molecule has 5 nitrogen and oxygen atoms in total. The molecule has 18 heavy (non-hydrogen) atoms. The first kappa shape index (κ1) is 13.3. The van der Waals surface area contributed by atoms with Crippen molar-refractivity contribution in [2.24, 2.45) is 11.8 Å². The molecule has 0 spiro atoms. The Kier molecular flexibility index (Phi) is 4.22. The number of aliphatic carboxylic acids is 1. The van der Waals surface area contributed by atoms with Crippen LogP contribution in [0.1, 0.15) is 44.9 Å². The number of amides is 1. The molecule has 0 radical (unpaired) electrons. The van der Waals surface area contributed by atoms with Crippen LogP contribution in [-0.2, 0) is 9.59 Å². The molecule has 3 N–H and O–H groups in total. The summed E-state index contributed by atoms with van der Waals surface area (Å²) in [5.41, 5.74) is 0. The molecule has 102 valence electrons. The summed E-state index contributed by atoms with van der Waals surface area (Å²) < 4.78 is 0. The summed E-state index contributed by atoms with van der Waals surface area (Å²) in [6.07, 6.45) is 5.06. The molecule has 2 aliphatic carbocycles. The number of rotatable bonds is 3. The topological polar surface area (TPSA) is 86.6 Å². The van der Waals surface area contributed by atoms with E-state index in [1.54, 1.807) is 0 Å². The Morgan fingerprint density at radius 2 is 1.61 bits per heavy atom. The highest BCUT2D eigenvalue weighted by Crippen LogP contribution is 2.32. The van der Waals surface area contributed by atoms with E-state index in [4.69, 9.17) is 5.11 Å². The zero-order valence-corrected chi connectivity index (χ0v) is 10.5. The van der Waals surface area contributed by atoms with E-state index >= 15 is 0 Å². The van der Waals surface area contributed by atoms with E-state index in [9.17, 15) is 14.7 Å². The van der Waals surface area contributed by atoms with Crippen molar-refractivity contribution in [2.75, 3.05) is 0 Å². The zero-order chi connectivity index (χ0) is 13.1. The van der Waals surface area contributed by atoms with Crippen LogP contribution >= 0.6 is 0 Å². The lowest BCUT2D eigenvalue weighted by Crippen LogP contribution is -2.48. The Labute approximate surface area is 107 Å². The van der Waals surface area contributed by atoms with Gasteiger partial charge in [-0.2, -0.15) is 0 Å². The van der Waals surface area contributed by atoms with Crippen molar-refractivity contribution in [2.45, 2.75) is 57.1 Å². The summed E-state index contributed by atoms with van der Waals surface area (Å²) in [7, 11) is 0. The molecular formula is C13H21NO4. The SMILES string of the molecule is O=C(O)C1CCCC1C(=O)NC1CCCCC1O. The fourth-order valence-corrected chi connectivity index (χ4v) is 3.14. The predicted molar refractivity (Wildman–Crippen MR) is 64.9 cm³/mol. The highest BCUT2D eigenvalue weighted by molar-refractivity contribution is 5.85. The van der Waals surface area contributed by atoms with Gasteiger partial charge < -0.3 is 15.5 Å². The average Bonchev–Trinajstić information content (AvgIpc) is 2.81. The predicted octanol–water partition coefficient (Wildman–Crippen LogP) is 0.907. The number of carboxylic acid groups (broad SMARTS) is 1. The molecule has 0 heterocycles. The maximum Gasteiger partial charge on any atom is 0.307 e. The summed E-state index contributed by atoms with van der Waals surface area (Å²) in [5, 5.41) is 21.7. The Bertz CT molecular complexity index is 331. The second kappa shape index (κ2) is 5.69. The minimum absolute atomic E-state index is 0.189. The van der Waals surface area contributed by atoms with Crippen LogP contribution in [-0.4, -0.2) is 34.2 Å². The fraction of sp³-hybridized carbons (Fsp3) is 0.846. The van der Waals surface area contributed by atoms with Gasteiger partial charge in [-0.25, -0.2) is 0 Å². The lowest BCUT2D eigenvalue weighted by atomic mass is 9.90. The standard InChI is InChI=1S/C13H21NO4/c15-11-7-2-1-6-10(11)14-12(16)8-4-3-5-9(8)13(17)18/h8-11,15H,1-7H2,(H,14,16)(H,17,18). The third-order valence-electron chi connectivity index (χ3n) is 4.23. The van der Waals surface area contributed by atoms with Gasteiger partial charge in [-0.1, -0.05) is 19.3 Å². The zero-order valence-electron chi connectivity index (χ0n) is 10.5. The van der Waals surface area contributed by atoms with Crippen molar-refractivity contribution in [1.82, 2.24) is 5.32 Å². The fourth-order valence-electron chi connectivity index (χ4n) is 3.14. The molecule has 0 aromatic heterocycles. The van der Waals surface area contributed by atoms with Crippen molar-refractivity contribution in [3.05, 3.63) is 0 Å². The van der Waals surface area contributed by atoms with Gasteiger partial charge in [0.05, 0.1) is 24.0 Å². The van der Waals surface area contributed by atoms with Gasteiger partial charge in [0.25, 0.3) is 0 Å². The maximum atomic E-state index is 12.1. The van der Waals surface area contributed by atoms with Crippen LogP contribution in [0.3, 0.4) is 0 Å². The van der Waals surface area contributed by atoms with Gasteiger partial charge in [0.2, 0.25) is 5.91 Å². The Hall–Kier alpha value is -1.10. The van der Waals surface area contributed by atoms with Crippen LogP contribution in [0.2, 0.25) is 0 Å². The molecule has 0 aromatic rings. The molecule has 0 bridgehead atoms. The number of carbonyl (C=O) groups is 2. The lowest BCUT2D eigenvalue weighted by Gasteiger charge is -2.29. The first-order valence-electron chi connectivity index (χ1n) is 6.81. The molecule has 0 saturated heterocycles. The van der Waals surface area contributed by atoms with Crippen molar-refractivity contribution in [3.63, 3.8) is 0 Å². The summed E-state index contributed by atoms with van der Waals surface area (Å²) in [5.74, 6) is -2.04. The molecular weight excluding hydrogens is 234 g/mol. The minimum Gasteiger partial charge on any atom is -0.481 e. The summed E-state index contributed by atoms with van der Waals surface area (Å²) in [4.78, 5) is 23.1. The van der Waals surface area contributed by atoms with Gasteiger partial charge in [0, 0.05) is 0 Å². The number of carbonyl (C=O) groups excluding carboxylic acids is 1. The third-order valence-corrected chi connectivity index (χ3v) is 4.23. The molecule has 0 aromatic carbocycles. The molecule has 2 rings (SSSR count). The molecule has 0 aliphatic heterocycles. The molecule has 2 fully saturated rings. The maximum absolute atomic E-state index is 12.1. The van der Waals surface area contributed by atoms with E-state index in [-0.39, 0.29) is 11.9 Å². The van der Waals surface area contributed by atoms with Crippen molar-refractivity contribution < 1.29 is 19.8 Å². The van der Waals surface area contributed by atoms with Crippen LogP contribution in [0.4, 0.5) is 0 Å². The highest BCUT2D eigenvalue weighted by atomic mass is 16.4. The summed E-state index contributed by atoms with van der Waals surface area (Å²) >= 11 is 0. The number of hydrogen-bond acceptors (Lipinski definition) is 3. The van der Waals surface area contributed by atoms with Gasteiger partial charge in [0.1, 0.15) is 0 Å². The van der Waals surface area contributed by atoms with E-state index in [0.717, 1.165) is 32.1 Å². The summed E-state index contributed by atoms with van der Waals surface area (Å²) in [6, 6.07) is -0.193. The van der Waals surface area contributed by atoms with E-state index in [2.05, 4.69) is 5.32 Å². The molecule has 5 heteroatoms. The van der Waals surface area contributed by atoms with Gasteiger partial charge in [-0.15, -0.1) is 0 Å². The van der Waals surface area contributed by atoms with Gasteiger partial charge >= 0.3 is 5.97 Å². The first-order valence-corrected chi connectivity index (χ1v) is 6.81. The van der Waals surface area contributed by atoms with Gasteiger partial charge in [-0.05, 0) is 25.7 Å². The second-order valence-electron chi connectivity index (χ2n) is 5.45. The number of hydrogen-bond donors (Lipinski definition) is 3. The van der Waals surface area contributed by atoms with Gasteiger partial charge in [-0.3, -0.25) is 9.59 Å². The monoisotopic (exact) mass is 255 g/mol. The molecule has 4 atom stereocenters. The van der Waals surface area contributed by atoms with Crippen LogP contribution in [0.25, 0.3) is 0 Å². The average molecular weight is 255 g/mol. The Morgan fingerprint density at radius 1 is 0.944 bits per heavy atom. The third kappa shape index (κ3) is 2.83. The van der Waals surface area contributed by atoms with Crippen LogP contribution in [0.15, 0.2) is 0 Å². The van der Waals surface area contributed by atoms with E-state index in [1.807, 2.05) is 0 Å². The number of aliphatic hydroxyl groups is 1. The van der Waals surface area contributed by atoms with E-state index in [1.165, 1.54) is 0 Å². The van der Waals surface area contributed by atoms with Crippen LogP contribution in [0.5, 0.6) is 0 Å². The van der Waals surface area contributed by atoms with Gasteiger partial charge in [0.15, 0.2) is 0 Å². The highest BCUT2D eigenvalue weighted by Gasteiger charge is 2.39.